The smallest absolute Gasteiger partial charge is 0.311 e. The molecule has 0 amide bonds. The zero-order valence-electron chi connectivity index (χ0n) is 46.3. The van der Waals surface area contributed by atoms with Gasteiger partial charge in [0.15, 0.2) is 0 Å². The molecule has 0 bridgehead atoms. The van der Waals surface area contributed by atoms with E-state index in [1.165, 1.54) is 17.5 Å². The van der Waals surface area contributed by atoms with E-state index >= 15 is 0 Å². The van der Waals surface area contributed by atoms with Gasteiger partial charge in [-0.25, -0.2) is 13.1 Å². The molecule has 0 aliphatic carbocycles. The van der Waals surface area contributed by atoms with Gasteiger partial charge in [-0.2, -0.15) is 0 Å². The highest BCUT2D eigenvalue weighted by molar-refractivity contribution is 6.99. The van der Waals surface area contributed by atoms with Crippen molar-refractivity contribution in [2.24, 2.45) is 10.8 Å². The molecule has 73 heavy (non-hydrogen) atoms. The Morgan fingerprint density at radius 3 is 1.62 bits per heavy atom. The van der Waals surface area contributed by atoms with Gasteiger partial charge in [-0.05, 0) is 88.1 Å². The van der Waals surface area contributed by atoms with Gasteiger partial charge in [0, 0.05) is 52.8 Å². The molecular formula is C58H91FN2O11Si. The van der Waals surface area contributed by atoms with Crippen LogP contribution in [0.1, 0.15) is 162 Å². The summed E-state index contributed by atoms with van der Waals surface area (Å²) >= 11 is 0. The monoisotopic (exact) mass is 1040 g/mol. The van der Waals surface area contributed by atoms with E-state index in [1.54, 1.807) is 6.92 Å². The van der Waals surface area contributed by atoms with E-state index < -0.39 is 24.9 Å². The Morgan fingerprint density at radius 2 is 1.19 bits per heavy atom. The highest BCUT2D eigenvalue weighted by Gasteiger charge is 2.58. The molecular weight excluding hydrogens is 948 g/mol. The first-order chi connectivity index (χ1) is 33.8. The molecule has 4 aliphatic heterocycles. The van der Waals surface area contributed by atoms with Gasteiger partial charge in [-0.3, -0.25) is 19.1 Å². The summed E-state index contributed by atoms with van der Waals surface area (Å²) in [6, 6.07) is 21.3. The zero-order chi connectivity index (χ0) is 53.5. The van der Waals surface area contributed by atoms with Crippen LogP contribution < -0.4 is 10.4 Å². The third kappa shape index (κ3) is 17.2. The number of ether oxygens (including phenoxy) is 6. The number of methoxy groups -OCH3 is 1. The summed E-state index contributed by atoms with van der Waals surface area (Å²) in [5, 5.41) is 12.2. The lowest BCUT2D eigenvalue weighted by Crippen LogP contribution is -2.68. The molecule has 0 saturated carbocycles. The van der Waals surface area contributed by atoms with Gasteiger partial charge in [0.1, 0.15) is 17.0 Å². The molecule has 0 unspecified atom stereocenters. The number of nitrogens with zero attached hydrogens (tertiary/aromatic N) is 2. The second-order valence-electron chi connectivity index (χ2n) is 23.7. The number of hydrogen-bond donors (Lipinski definition) is 1. The van der Waals surface area contributed by atoms with Gasteiger partial charge in [0.2, 0.25) is 12.1 Å². The summed E-state index contributed by atoms with van der Waals surface area (Å²) in [5.74, 6) is -0.183. The Balaban J connectivity index is 0.000000504. The lowest BCUT2D eigenvalue weighted by Gasteiger charge is -2.47. The maximum Gasteiger partial charge on any atom is 0.311 e. The number of rotatable bonds is 17. The molecule has 4 aliphatic rings. The van der Waals surface area contributed by atoms with Crippen molar-refractivity contribution in [2.75, 3.05) is 26.9 Å². The van der Waals surface area contributed by atoms with E-state index in [0.29, 0.717) is 45.3 Å². The molecule has 10 atom stereocenters. The van der Waals surface area contributed by atoms with Crippen LogP contribution in [0, 0.1) is 24.0 Å². The van der Waals surface area contributed by atoms with Gasteiger partial charge in [0.05, 0.1) is 69.0 Å². The molecule has 4 fully saturated rings. The Kier molecular flexibility index (Phi) is 23.9. The molecule has 2 aromatic rings. The summed E-state index contributed by atoms with van der Waals surface area (Å²) in [4.78, 5) is 41.2. The Labute approximate surface area is 439 Å². The van der Waals surface area contributed by atoms with Crippen molar-refractivity contribution in [3.8, 4) is 0 Å². The van der Waals surface area contributed by atoms with E-state index in [0.717, 1.165) is 44.9 Å². The van der Waals surface area contributed by atoms with Crippen LogP contribution in [-0.4, -0.2) is 118 Å². The fraction of sp³-hybridized carbons (Fsp3) is 0.707. The number of benzene rings is 2. The number of fused-ring (bicyclic) bond motifs is 2. The Bertz CT molecular complexity index is 2080. The summed E-state index contributed by atoms with van der Waals surface area (Å²) in [5.41, 5.74) is -1.91. The first kappa shape index (κ1) is 63.2. The van der Waals surface area contributed by atoms with Gasteiger partial charge >= 0.3 is 11.9 Å². The first-order valence-electron chi connectivity index (χ1n) is 26.3. The molecule has 2 aromatic carbocycles. The van der Waals surface area contributed by atoms with E-state index in [2.05, 4.69) is 95.9 Å². The minimum absolute atomic E-state index is 0. The van der Waals surface area contributed by atoms with Gasteiger partial charge in [0.25, 0.3) is 8.32 Å². The standard InChI is InChI=1S/C36H51NO5Si.C16H25NO5.C6H12O.FH.H2/c1-27(37-8)24-28-21-22-32-36(42-28,25-29(41-32)16-15-23-39-33(38)34(2,3)4)26-40-43(35(5,6)7,30-17-11-9-12-18-30)31-19-13-10-14-20-31;1-11(17-2)8-12-4-6-14-16(10-18,22-12)9-13(21-14)5-7-15(19)20-3;1-5(7)6(2,3)4;;/h9-14,17-20,27-29,32H,15-16,21-26H2,1-7H3;11-14,18H,4-10H2,1,3H3;1-4H3;2*1H/t27-,28-,29+,32+,36-;11-,12-,13+,14+,16-;;;/m11.../s1/i;;;;1+1. The molecule has 1 N–H and O–H groups in total. The van der Waals surface area contributed by atoms with E-state index in [4.69, 9.17) is 41.3 Å². The number of carbonyl (C=O) groups is 3. The van der Waals surface area contributed by atoms with Gasteiger partial charge in [-0.1, -0.05) is 102 Å². The molecule has 6 rings (SSSR count). The minimum Gasteiger partial charge on any atom is -0.469 e. The number of Topliss-reactive ketones (excluding diaryl/α,β-unsaturated/α-hetero) is 1. The quantitative estimate of drug-likeness (QED) is 0.0700. The number of ketones is 1. The van der Waals surface area contributed by atoms with Crippen LogP contribution >= 0.6 is 0 Å². The molecule has 13 nitrogen and oxygen atoms in total. The summed E-state index contributed by atoms with van der Waals surface area (Å²) in [7, 11) is -1.41. The Morgan fingerprint density at radius 1 is 0.740 bits per heavy atom. The lowest BCUT2D eigenvalue weighted by molar-refractivity contribution is -0.184. The average Bonchev–Trinajstić information content (AvgIpc) is 3.90. The molecule has 4 saturated heterocycles. The van der Waals surface area contributed by atoms with Crippen molar-refractivity contribution in [1.82, 2.24) is 0 Å². The number of aliphatic hydroxyl groups excluding tert-OH is 1. The average molecular weight is 1040 g/mol. The van der Waals surface area contributed by atoms with Crippen LogP contribution in [0.15, 0.2) is 60.7 Å². The van der Waals surface area contributed by atoms with Crippen molar-refractivity contribution < 1.29 is 58.5 Å². The summed E-state index contributed by atoms with van der Waals surface area (Å²) in [6.45, 7) is 39.0. The van der Waals surface area contributed by atoms with E-state index in [1.807, 2.05) is 55.4 Å². The summed E-state index contributed by atoms with van der Waals surface area (Å²) < 4.78 is 43.5. The SMILES string of the molecule is CC(=O)C(C)(C)C.F.[2HH].[C-]#[N+][C@H](C)C[C@H]1CC[C@@H]2O[C@@H](CCC(=O)OC)C[C@]2(CO)O1.[C-]#[N+][C@H](C)C[C@H]1CC[C@@H]2O[C@@H](CCCOC(=O)C(C)(C)C)C[C@]2(CO[Si](c2ccccc2)(c2ccccc2)C(C)(C)C)O1. The second-order valence-corrected chi connectivity index (χ2v) is 28.0. The van der Waals surface area contributed by atoms with Crippen molar-refractivity contribution in [3.63, 3.8) is 0 Å². The maximum absolute atomic E-state index is 12.3. The second kappa shape index (κ2) is 27.6. The van der Waals surface area contributed by atoms with Gasteiger partial charge < -0.3 is 47.6 Å². The van der Waals surface area contributed by atoms with Crippen molar-refractivity contribution in [2.45, 2.75) is 225 Å². The maximum atomic E-state index is 12.3. The highest BCUT2D eigenvalue weighted by Crippen LogP contribution is 2.47. The van der Waals surface area contributed by atoms with Crippen LogP contribution in [-0.2, 0) is 47.2 Å². The zero-order valence-corrected chi connectivity index (χ0v) is 47.3. The Hall–Kier alpha value is -4.06. The fourth-order valence-corrected chi connectivity index (χ4v) is 14.8. The van der Waals surface area contributed by atoms with Crippen LogP contribution in [0.25, 0.3) is 9.69 Å². The van der Waals surface area contributed by atoms with Crippen molar-refractivity contribution in [3.05, 3.63) is 83.5 Å². The molecule has 4 heterocycles. The number of hydrogen-bond acceptors (Lipinski definition) is 11. The van der Waals surface area contributed by atoms with Crippen LogP contribution in [0.2, 0.25) is 5.04 Å². The molecule has 15 heteroatoms. The molecule has 0 aromatic heterocycles. The van der Waals surface area contributed by atoms with Crippen molar-refractivity contribution in [1.29, 1.82) is 0 Å². The number of carbonyl (C=O) groups excluding carboxylic acids is 3. The molecule has 410 valence electrons. The number of halogens is 1. The normalized spacial score (nSPS) is 26.5. The molecule has 0 spiro atoms. The predicted molar refractivity (Wildman–Crippen MR) is 288 cm³/mol. The first-order valence-corrected chi connectivity index (χ1v) is 28.2. The molecule has 0 radical (unpaired) electrons. The van der Waals surface area contributed by atoms with Gasteiger partial charge in [-0.15, -0.1) is 0 Å². The lowest BCUT2D eigenvalue weighted by atomic mass is 9.85. The third-order valence-corrected chi connectivity index (χ3v) is 19.7. The van der Waals surface area contributed by atoms with Crippen LogP contribution in [0.4, 0.5) is 4.70 Å². The number of aliphatic hydroxyl groups is 1. The van der Waals surface area contributed by atoms with Crippen LogP contribution in [0.5, 0.6) is 0 Å². The highest BCUT2D eigenvalue weighted by atomic mass is 28.4. The number of esters is 2. The van der Waals surface area contributed by atoms with E-state index in [9.17, 15) is 19.5 Å². The predicted octanol–water partition coefficient (Wildman–Crippen LogP) is 10.4. The van der Waals surface area contributed by atoms with E-state index in [-0.39, 0.29) is 89.6 Å². The summed E-state index contributed by atoms with van der Waals surface area (Å²) in [6.07, 6.45) is 8.27. The third-order valence-electron chi connectivity index (χ3n) is 14.7. The van der Waals surface area contributed by atoms with Crippen LogP contribution in [0.3, 0.4) is 0 Å². The largest absolute Gasteiger partial charge is 0.469 e. The topological polar surface area (TPSA) is 145 Å². The van der Waals surface area contributed by atoms with Crippen molar-refractivity contribution >= 4 is 36.4 Å². The fourth-order valence-electron chi connectivity index (χ4n) is 10.2. The minimum atomic E-state index is -2.78.